The number of anilines is 2. The van der Waals surface area contributed by atoms with Crippen LogP contribution in [0.2, 0.25) is 0 Å². The average Bonchev–Trinajstić information content (AvgIpc) is 3.03. The zero-order valence-electron chi connectivity index (χ0n) is 13.3. The number of likely N-dealkylation sites (N-methyl/N-ethyl adjacent to an activating group) is 1. The summed E-state index contributed by atoms with van der Waals surface area (Å²) in [6, 6.07) is 0.886. The van der Waals surface area contributed by atoms with E-state index in [0.29, 0.717) is 6.54 Å². The third kappa shape index (κ3) is 3.39. The van der Waals surface area contributed by atoms with E-state index < -0.39 is 11.9 Å². The van der Waals surface area contributed by atoms with E-state index in [1.54, 1.807) is 24.3 Å². The van der Waals surface area contributed by atoms with Gasteiger partial charge in [-0.05, 0) is 19.4 Å². The SMILES string of the molecule is Cc1cncc(N2CCC(N(C)c3nccc(C(F)(F)F)n3)C2)n1. The van der Waals surface area contributed by atoms with Crippen molar-refractivity contribution in [2.24, 2.45) is 0 Å². The summed E-state index contributed by atoms with van der Waals surface area (Å²) in [4.78, 5) is 19.9. The van der Waals surface area contributed by atoms with Gasteiger partial charge in [0.15, 0.2) is 0 Å². The minimum Gasteiger partial charge on any atom is -0.353 e. The van der Waals surface area contributed by atoms with Crippen LogP contribution in [0.1, 0.15) is 17.8 Å². The maximum atomic E-state index is 12.8. The fraction of sp³-hybridized carbons (Fsp3) is 0.467. The van der Waals surface area contributed by atoms with Gasteiger partial charge in [-0.1, -0.05) is 0 Å². The molecule has 1 aliphatic rings. The second-order valence-corrected chi connectivity index (χ2v) is 5.76. The van der Waals surface area contributed by atoms with Crippen molar-refractivity contribution in [1.82, 2.24) is 19.9 Å². The normalized spacial score (nSPS) is 18.0. The van der Waals surface area contributed by atoms with Gasteiger partial charge in [0, 0.05) is 32.5 Å². The van der Waals surface area contributed by atoms with Gasteiger partial charge >= 0.3 is 6.18 Å². The second kappa shape index (κ2) is 6.21. The molecule has 128 valence electrons. The minimum absolute atomic E-state index is 0.01000. The van der Waals surface area contributed by atoms with Crippen LogP contribution in [0.15, 0.2) is 24.7 Å². The maximum Gasteiger partial charge on any atom is 0.433 e. The van der Waals surface area contributed by atoms with Gasteiger partial charge in [-0.15, -0.1) is 0 Å². The molecule has 1 unspecified atom stereocenters. The Labute approximate surface area is 137 Å². The van der Waals surface area contributed by atoms with E-state index in [1.807, 2.05) is 6.92 Å². The Balaban J connectivity index is 1.74. The van der Waals surface area contributed by atoms with Gasteiger partial charge in [-0.25, -0.2) is 15.0 Å². The van der Waals surface area contributed by atoms with Crippen molar-refractivity contribution < 1.29 is 13.2 Å². The van der Waals surface area contributed by atoms with Crippen molar-refractivity contribution in [2.45, 2.75) is 25.6 Å². The molecule has 3 heterocycles. The molecule has 0 aliphatic carbocycles. The highest BCUT2D eigenvalue weighted by atomic mass is 19.4. The highest BCUT2D eigenvalue weighted by Crippen LogP contribution is 2.29. The number of hydrogen-bond acceptors (Lipinski definition) is 6. The standard InChI is InChI=1S/C15H17F3N6/c1-10-7-19-8-13(21-10)24-6-4-11(9-24)23(2)14-20-5-3-12(22-14)15(16,17)18/h3,5,7-8,11H,4,6,9H2,1-2H3. The molecular weight excluding hydrogens is 321 g/mol. The first-order valence-electron chi connectivity index (χ1n) is 7.51. The molecule has 6 nitrogen and oxygen atoms in total. The number of hydrogen-bond donors (Lipinski definition) is 0. The number of halogens is 3. The molecule has 1 fully saturated rings. The minimum atomic E-state index is -4.47. The molecule has 3 rings (SSSR count). The van der Waals surface area contributed by atoms with Gasteiger partial charge < -0.3 is 9.80 Å². The van der Waals surface area contributed by atoms with Crippen LogP contribution in [0.4, 0.5) is 24.9 Å². The Morgan fingerprint density at radius 1 is 1.25 bits per heavy atom. The Morgan fingerprint density at radius 2 is 2.04 bits per heavy atom. The first-order valence-corrected chi connectivity index (χ1v) is 7.51. The van der Waals surface area contributed by atoms with Crippen molar-refractivity contribution in [3.8, 4) is 0 Å². The van der Waals surface area contributed by atoms with Gasteiger partial charge in [0.1, 0.15) is 11.5 Å². The van der Waals surface area contributed by atoms with Crippen LogP contribution in [-0.4, -0.2) is 46.1 Å². The number of alkyl halides is 3. The summed E-state index contributed by atoms with van der Waals surface area (Å²) in [6.45, 7) is 3.26. The third-order valence-electron chi connectivity index (χ3n) is 4.03. The van der Waals surface area contributed by atoms with Crippen LogP contribution in [0, 0.1) is 6.92 Å². The third-order valence-corrected chi connectivity index (χ3v) is 4.03. The van der Waals surface area contributed by atoms with E-state index in [-0.39, 0.29) is 12.0 Å². The number of nitrogens with zero attached hydrogens (tertiary/aromatic N) is 6. The summed E-state index contributed by atoms with van der Waals surface area (Å²) in [5.74, 6) is 0.850. The molecule has 2 aromatic heterocycles. The molecule has 0 spiro atoms. The topological polar surface area (TPSA) is 58.0 Å². The van der Waals surface area contributed by atoms with Crippen molar-refractivity contribution in [3.05, 3.63) is 36.0 Å². The van der Waals surface area contributed by atoms with E-state index >= 15 is 0 Å². The molecule has 0 amide bonds. The Hall–Kier alpha value is -2.45. The number of aryl methyl sites for hydroxylation is 1. The molecule has 1 atom stereocenters. The van der Waals surface area contributed by atoms with Gasteiger partial charge in [-0.3, -0.25) is 4.98 Å². The van der Waals surface area contributed by atoms with Crippen molar-refractivity contribution in [2.75, 3.05) is 29.9 Å². The largest absolute Gasteiger partial charge is 0.433 e. The lowest BCUT2D eigenvalue weighted by Crippen LogP contribution is -2.36. The van der Waals surface area contributed by atoms with Crippen LogP contribution < -0.4 is 9.80 Å². The molecule has 1 aliphatic heterocycles. The van der Waals surface area contributed by atoms with E-state index in [2.05, 4.69) is 24.8 Å². The van der Waals surface area contributed by atoms with Crippen LogP contribution in [0.5, 0.6) is 0 Å². The van der Waals surface area contributed by atoms with Gasteiger partial charge in [-0.2, -0.15) is 13.2 Å². The van der Waals surface area contributed by atoms with Gasteiger partial charge in [0.05, 0.1) is 17.9 Å². The highest BCUT2D eigenvalue weighted by Gasteiger charge is 2.34. The van der Waals surface area contributed by atoms with Crippen LogP contribution >= 0.6 is 0 Å². The van der Waals surface area contributed by atoms with E-state index in [9.17, 15) is 13.2 Å². The van der Waals surface area contributed by atoms with Crippen LogP contribution in [0.3, 0.4) is 0 Å². The summed E-state index contributed by atoms with van der Waals surface area (Å²) in [7, 11) is 1.71. The van der Waals surface area contributed by atoms with Crippen molar-refractivity contribution in [3.63, 3.8) is 0 Å². The zero-order valence-corrected chi connectivity index (χ0v) is 13.3. The van der Waals surface area contributed by atoms with Crippen LogP contribution in [0.25, 0.3) is 0 Å². The molecule has 0 aromatic carbocycles. The summed E-state index contributed by atoms with van der Waals surface area (Å²) < 4.78 is 38.4. The summed E-state index contributed by atoms with van der Waals surface area (Å²) in [5.41, 5.74) is -0.107. The summed E-state index contributed by atoms with van der Waals surface area (Å²) in [6.07, 6.45) is 0.819. The highest BCUT2D eigenvalue weighted by molar-refractivity contribution is 5.41. The lowest BCUT2D eigenvalue weighted by molar-refractivity contribution is -0.141. The molecule has 1 saturated heterocycles. The maximum absolute atomic E-state index is 12.8. The fourth-order valence-corrected chi connectivity index (χ4v) is 2.71. The number of aromatic nitrogens is 4. The van der Waals surface area contributed by atoms with Crippen molar-refractivity contribution >= 4 is 11.8 Å². The smallest absolute Gasteiger partial charge is 0.353 e. The summed E-state index contributed by atoms with van der Waals surface area (Å²) in [5, 5.41) is 0. The molecule has 0 radical (unpaired) electrons. The molecule has 24 heavy (non-hydrogen) atoms. The Morgan fingerprint density at radius 3 is 2.75 bits per heavy atom. The molecular formula is C15H17F3N6. The zero-order chi connectivity index (χ0) is 17.3. The molecule has 0 saturated carbocycles. The lowest BCUT2D eigenvalue weighted by atomic mass is 10.2. The average molecular weight is 338 g/mol. The summed E-state index contributed by atoms with van der Waals surface area (Å²) >= 11 is 0. The van der Waals surface area contributed by atoms with Gasteiger partial charge in [0.2, 0.25) is 5.95 Å². The Kier molecular flexibility index (Phi) is 4.25. The lowest BCUT2D eigenvalue weighted by Gasteiger charge is -2.25. The molecule has 0 N–H and O–H groups in total. The first kappa shape index (κ1) is 16.4. The first-order chi connectivity index (χ1) is 11.3. The predicted octanol–water partition coefficient (Wildman–Crippen LogP) is 2.31. The second-order valence-electron chi connectivity index (χ2n) is 5.76. The Bertz CT molecular complexity index is 720. The molecule has 0 bridgehead atoms. The van der Waals surface area contributed by atoms with Crippen molar-refractivity contribution in [1.29, 1.82) is 0 Å². The van der Waals surface area contributed by atoms with Gasteiger partial charge in [0.25, 0.3) is 0 Å². The van der Waals surface area contributed by atoms with E-state index in [1.165, 1.54) is 0 Å². The van der Waals surface area contributed by atoms with E-state index in [0.717, 1.165) is 36.7 Å². The predicted molar refractivity (Wildman–Crippen MR) is 82.8 cm³/mol. The monoisotopic (exact) mass is 338 g/mol. The quantitative estimate of drug-likeness (QED) is 0.856. The van der Waals surface area contributed by atoms with Crippen LogP contribution in [-0.2, 0) is 6.18 Å². The molecule has 2 aromatic rings. The fourth-order valence-electron chi connectivity index (χ4n) is 2.71. The number of rotatable bonds is 3. The van der Waals surface area contributed by atoms with E-state index in [4.69, 9.17) is 0 Å². The molecule has 9 heteroatoms.